The lowest BCUT2D eigenvalue weighted by atomic mass is 10.2. The van der Waals surface area contributed by atoms with Crippen LogP contribution in [0.25, 0.3) is 10.9 Å². The van der Waals surface area contributed by atoms with E-state index in [9.17, 15) is 15.0 Å². The smallest absolute Gasteiger partial charge is 0.287 e. The maximum absolute atomic E-state index is 12.2. The van der Waals surface area contributed by atoms with Crippen molar-refractivity contribution in [2.45, 2.75) is 0 Å². The highest BCUT2D eigenvalue weighted by molar-refractivity contribution is 5.99. The number of phenols is 2. The van der Waals surface area contributed by atoms with E-state index in [1.807, 2.05) is 31.3 Å². The Balaban J connectivity index is 1.77. The van der Waals surface area contributed by atoms with Crippen LogP contribution in [-0.4, -0.2) is 26.9 Å². The topological polar surface area (TPSA) is 86.9 Å². The first-order valence-electron chi connectivity index (χ1n) is 6.96. The fourth-order valence-corrected chi connectivity index (χ4v) is 2.35. The molecule has 0 radical (unpaired) electrons. The van der Waals surface area contributed by atoms with E-state index >= 15 is 0 Å². The van der Waals surface area contributed by atoms with Gasteiger partial charge < -0.3 is 14.8 Å². The lowest BCUT2D eigenvalue weighted by Crippen LogP contribution is -2.20. The summed E-state index contributed by atoms with van der Waals surface area (Å²) in [6, 6.07) is 13.8. The summed E-state index contributed by atoms with van der Waals surface area (Å²) in [6.45, 7) is 0. The lowest BCUT2D eigenvalue weighted by Gasteiger charge is -2.02. The number of carbonyl (C=O) groups is 1. The number of aromatic hydroxyl groups is 2. The van der Waals surface area contributed by atoms with E-state index in [1.54, 1.807) is 16.7 Å². The predicted molar refractivity (Wildman–Crippen MR) is 87.8 cm³/mol. The number of carbonyl (C=O) groups excluding carboxylic acids is 1. The molecule has 0 saturated heterocycles. The van der Waals surface area contributed by atoms with Crippen LogP contribution in [0.15, 0.2) is 53.6 Å². The van der Waals surface area contributed by atoms with Gasteiger partial charge in [-0.05, 0) is 35.9 Å². The number of benzene rings is 2. The van der Waals surface area contributed by atoms with Crippen LogP contribution < -0.4 is 5.43 Å². The number of aryl methyl sites for hydroxylation is 1. The highest BCUT2D eigenvalue weighted by Gasteiger charge is 2.12. The Morgan fingerprint density at radius 3 is 2.65 bits per heavy atom. The molecule has 0 bridgehead atoms. The fraction of sp³-hybridized carbons (Fsp3) is 0.0588. The largest absolute Gasteiger partial charge is 0.504 e. The molecule has 3 rings (SSSR count). The summed E-state index contributed by atoms with van der Waals surface area (Å²) in [5.74, 6) is -0.779. The molecule has 6 heteroatoms. The van der Waals surface area contributed by atoms with Gasteiger partial charge in [0.25, 0.3) is 5.91 Å². The van der Waals surface area contributed by atoms with E-state index in [0.717, 1.165) is 10.9 Å². The summed E-state index contributed by atoms with van der Waals surface area (Å²) >= 11 is 0. The van der Waals surface area contributed by atoms with Crippen LogP contribution in [0.3, 0.4) is 0 Å². The van der Waals surface area contributed by atoms with Gasteiger partial charge in [0.2, 0.25) is 0 Å². The lowest BCUT2D eigenvalue weighted by molar-refractivity contribution is 0.0947. The van der Waals surface area contributed by atoms with E-state index < -0.39 is 0 Å². The number of fused-ring (bicyclic) bond motifs is 1. The zero-order valence-corrected chi connectivity index (χ0v) is 12.4. The maximum Gasteiger partial charge on any atom is 0.287 e. The highest BCUT2D eigenvalue weighted by atomic mass is 16.3. The molecule has 3 aromatic rings. The van der Waals surface area contributed by atoms with Gasteiger partial charge in [-0.25, -0.2) is 5.43 Å². The first-order chi connectivity index (χ1) is 11.1. The van der Waals surface area contributed by atoms with Crippen molar-refractivity contribution in [3.8, 4) is 11.5 Å². The fourth-order valence-electron chi connectivity index (χ4n) is 2.35. The summed E-state index contributed by atoms with van der Waals surface area (Å²) in [5, 5.41) is 23.5. The van der Waals surface area contributed by atoms with Gasteiger partial charge in [-0.15, -0.1) is 0 Å². The second-order valence-electron chi connectivity index (χ2n) is 5.09. The first-order valence-corrected chi connectivity index (χ1v) is 6.96. The molecule has 116 valence electrons. The Kier molecular flexibility index (Phi) is 3.72. The molecule has 6 nitrogen and oxygen atoms in total. The normalized spacial score (nSPS) is 11.2. The van der Waals surface area contributed by atoms with Crippen molar-refractivity contribution in [2.24, 2.45) is 12.1 Å². The van der Waals surface area contributed by atoms with E-state index in [2.05, 4.69) is 10.5 Å². The van der Waals surface area contributed by atoms with Crippen molar-refractivity contribution in [2.75, 3.05) is 0 Å². The SMILES string of the molecule is Cn1c(C(=O)N/N=C/c2ccc(O)c(O)c2)cc2ccccc21. The van der Waals surface area contributed by atoms with Crippen LogP contribution in [0.2, 0.25) is 0 Å². The molecule has 0 atom stereocenters. The summed E-state index contributed by atoms with van der Waals surface area (Å²) in [7, 11) is 1.82. The monoisotopic (exact) mass is 309 g/mol. The van der Waals surface area contributed by atoms with Crippen molar-refractivity contribution < 1.29 is 15.0 Å². The number of hydrazone groups is 1. The van der Waals surface area contributed by atoms with Gasteiger partial charge in [0, 0.05) is 18.0 Å². The maximum atomic E-state index is 12.2. The van der Waals surface area contributed by atoms with Crippen molar-refractivity contribution in [1.82, 2.24) is 9.99 Å². The number of nitrogens with zero attached hydrogens (tertiary/aromatic N) is 2. The third-order valence-electron chi connectivity index (χ3n) is 3.56. The van der Waals surface area contributed by atoms with E-state index in [1.165, 1.54) is 18.3 Å². The average Bonchev–Trinajstić information content (AvgIpc) is 2.88. The molecule has 0 spiro atoms. The molecule has 2 aromatic carbocycles. The standard InChI is InChI=1S/C17H15N3O3/c1-20-13-5-3-2-4-12(13)9-14(20)17(23)19-18-10-11-6-7-15(21)16(22)8-11/h2-10,21-22H,1H3,(H,19,23)/b18-10+. The first kappa shape index (κ1) is 14.6. The molecular weight excluding hydrogens is 294 g/mol. The minimum atomic E-state index is -0.331. The molecule has 23 heavy (non-hydrogen) atoms. The minimum absolute atomic E-state index is 0.207. The van der Waals surface area contributed by atoms with Gasteiger partial charge in [-0.3, -0.25) is 4.79 Å². The molecule has 0 aliphatic heterocycles. The van der Waals surface area contributed by atoms with Crippen molar-refractivity contribution in [3.05, 3.63) is 59.8 Å². The van der Waals surface area contributed by atoms with E-state index in [4.69, 9.17) is 0 Å². The van der Waals surface area contributed by atoms with Gasteiger partial charge >= 0.3 is 0 Å². The van der Waals surface area contributed by atoms with Crippen LogP contribution in [0.5, 0.6) is 11.5 Å². The number of hydrogen-bond acceptors (Lipinski definition) is 4. The molecule has 1 aromatic heterocycles. The zero-order chi connectivity index (χ0) is 16.4. The van der Waals surface area contributed by atoms with Gasteiger partial charge in [-0.1, -0.05) is 18.2 Å². The number of hydrogen-bond donors (Lipinski definition) is 3. The zero-order valence-electron chi connectivity index (χ0n) is 12.4. The van der Waals surface area contributed by atoms with Crippen LogP contribution in [-0.2, 0) is 7.05 Å². The molecule has 1 amide bonds. The number of phenolic OH excluding ortho intramolecular Hbond substituents is 2. The Morgan fingerprint density at radius 2 is 1.91 bits per heavy atom. The van der Waals surface area contributed by atoms with Gasteiger partial charge in [0.05, 0.1) is 6.21 Å². The van der Waals surface area contributed by atoms with Crippen LogP contribution >= 0.6 is 0 Å². The van der Waals surface area contributed by atoms with Crippen LogP contribution in [0.1, 0.15) is 16.1 Å². The van der Waals surface area contributed by atoms with Crippen molar-refractivity contribution in [3.63, 3.8) is 0 Å². The molecule has 0 aliphatic carbocycles. The predicted octanol–water partition coefficient (Wildman–Crippen LogP) is 2.35. The molecule has 1 heterocycles. The molecule has 0 aliphatic rings. The highest BCUT2D eigenvalue weighted by Crippen LogP contribution is 2.24. The summed E-state index contributed by atoms with van der Waals surface area (Å²) < 4.78 is 1.80. The molecule has 0 fully saturated rings. The average molecular weight is 309 g/mol. The Labute approximate surface area is 132 Å². The van der Waals surface area contributed by atoms with E-state index in [-0.39, 0.29) is 17.4 Å². The van der Waals surface area contributed by atoms with E-state index in [0.29, 0.717) is 11.3 Å². The Morgan fingerprint density at radius 1 is 1.13 bits per heavy atom. The molecule has 3 N–H and O–H groups in total. The van der Waals surface area contributed by atoms with Crippen LogP contribution in [0, 0.1) is 0 Å². The number of para-hydroxylation sites is 1. The molecule has 0 unspecified atom stereocenters. The Bertz CT molecular complexity index is 913. The van der Waals surface area contributed by atoms with Crippen molar-refractivity contribution in [1.29, 1.82) is 0 Å². The van der Waals surface area contributed by atoms with Gasteiger partial charge in [0.15, 0.2) is 11.5 Å². The van der Waals surface area contributed by atoms with Crippen molar-refractivity contribution >= 4 is 23.0 Å². The summed E-state index contributed by atoms with van der Waals surface area (Å²) in [6.07, 6.45) is 1.39. The summed E-state index contributed by atoms with van der Waals surface area (Å²) in [5.41, 5.74) is 4.46. The minimum Gasteiger partial charge on any atom is -0.504 e. The second kappa shape index (κ2) is 5.84. The number of nitrogens with one attached hydrogen (secondary N) is 1. The van der Waals surface area contributed by atoms with Gasteiger partial charge in [0.1, 0.15) is 5.69 Å². The van der Waals surface area contributed by atoms with Gasteiger partial charge in [-0.2, -0.15) is 5.10 Å². The Hall–Kier alpha value is -3.28. The third kappa shape index (κ3) is 2.87. The number of aromatic nitrogens is 1. The summed E-state index contributed by atoms with van der Waals surface area (Å²) in [4.78, 5) is 12.2. The molecule has 0 saturated carbocycles. The van der Waals surface area contributed by atoms with Crippen LogP contribution in [0.4, 0.5) is 0 Å². The quantitative estimate of drug-likeness (QED) is 0.394. The second-order valence-corrected chi connectivity index (χ2v) is 5.09. The number of rotatable bonds is 3. The number of amides is 1. The third-order valence-corrected chi connectivity index (χ3v) is 3.56. The molecular formula is C17H15N3O3.